The number of nitrogens with zero attached hydrogens (tertiary/aromatic N) is 2. The number of piperazine rings is 1. The molecule has 1 aliphatic heterocycles. The molecule has 20 heavy (non-hydrogen) atoms. The van der Waals surface area contributed by atoms with Crippen LogP contribution in [0, 0.1) is 0 Å². The fraction of sp³-hybridized carbons (Fsp3) is 0.643. The summed E-state index contributed by atoms with van der Waals surface area (Å²) in [5.41, 5.74) is 1.01. The number of hydrogen-bond donors (Lipinski definition) is 1. The molecule has 2 rings (SSSR count). The van der Waals surface area contributed by atoms with E-state index in [2.05, 4.69) is 10.3 Å². The van der Waals surface area contributed by atoms with E-state index in [0.717, 1.165) is 4.88 Å². The highest BCUT2D eigenvalue weighted by molar-refractivity contribution is 7.09. The average Bonchev–Trinajstić information content (AvgIpc) is 2.96. The molecule has 0 saturated carbocycles. The van der Waals surface area contributed by atoms with E-state index in [1.807, 2.05) is 20.8 Å². The Hall–Kier alpha value is -1.43. The molecule has 0 bridgehead atoms. The van der Waals surface area contributed by atoms with E-state index in [1.165, 1.54) is 11.3 Å². The third-order valence-corrected chi connectivity index (χ3v) is 4.88. The van der Waals surface area contributed by atoms with Crippen molar-refractivity contribution in [2.45, 2.75) is 58.2 Å². The molecule has 0 spiro atoms. The van der Waals surface area contributed by atoms with Gasteiger partial charge in [0, 0.05) is 11.1 Å². The Kier molecular flexibility index (Phi) is 4.42. The van der Waals surface area contributed by atoms with Gasteiger partial charge in [0.05, 0.1) is 12.1 Å². The lowest BCUT2D eigenvalue weighted by Crippen LogP contribution is -2.69. The molecule has 1 N–H and O–H groups in total. The maximum absolute atomic E-state index is 12.8. The molecular weight excluding hydrogens is 274 g/mol. The molecule has 0 aromatic carbocycles. The number of rotatable bonds is 5. The fourth-order valence-corrected chi connectivity index (χ4v) is 3.33. The summed E-state index contributed by atoms with van der Waals surface area (Å²) in [7, 11) is 0. The smallest absolute Gasteiger partial charge is 0.249 e. The van der Waals surface area contributed by atoms with E-state index < -0.39 is 5.54 Å². The quantitative estimate of drug-likeness (QED) is 0.903. The number of carbonyl (C=O) groups is 2. The van der Waals surface area contributed by atoms with Crippen LogP contribution in [0.15, 0.2) is 11.7 Å². The highest BCUT2D eigenvalue weighted by Crippen LogP contribution is 2.28. The van der Waals surface area contributed by atoms with E-state index in [1.54, 1.807) is 16.6 Å². The Morgan fingerprint density at radius 2 is 2.05 bits per heavy atom. The first-order valence-electron chi connectivity index (χ1n) is 7.08. The maximum atomic E-state index is 12.8. The molecule has 0 aliphatic carbocycles. The fourth-order valence-electron chi connectivity index (χ4n) is 2.74. The molecule has 1 saturated heterocycles. The summed E-state index contributed by atoms with van der Waals surface area (Å²) in [5, 5.41) is 2.95. The van der Waals surface area contributed by atoms with Crippen molar-refractivity contribution in [1.82, 2.24) is 15.2 Å². The molecule has 5 nitrogen and oxygen atoms in total. The highest BCUT2D eigenvalue weighted by atomic mass is 32.1. The minimum Gasteiger partial charge on any atom is -0.340 e. The van der Waals surface area contributed by atoms with Crippen LogP contribution < -0.4 is 5.32 Å². The molecule has 1 atom stereocenters. The molecule has 2 amide bonds. The lowest BCUT2D eigenvalue weighted by atomic mass is 9.86. The standard InChI is InChI=1S/C14H21N3O2S/c1-4-11-12(18)16-14(5-2,6-3)13(19)17(11)8-10-7-15-9-20-10/h7,9,11H,4-6,8H2,1-3H3,(H,16,18). The van der Waals surface area contributed by atoms with Gasteiger partial charge < -0.3 is 10.2 Å². The molecule has 6 heteroatoms. The average molecular weight is 295 g/mol. The van der Waals surface area contributed by atoms with Gasteiger partial charge in [-0.2, -0.15) is 0 Å². The summed E-state index contributed by atoms with van der Waals surface area (Å²) >= 11 is 1.51. The predicted octanol–water partition coefficient (Wildman–Crippen LogP) is 1.94. The van der Waals surface area contributed by atoms with Gasteiger partial charge in [0.15, 0.2) is 0 Å². The van der Waals surface area contributed by atoms with Gasteiger partial charge in [-0.25, -0.2) is 0 Å². The Morgan fingerprint density at radius 3 is 2.55 bits per heavy atom. The van der Waals surface area contributed by atoms with Crippen LogP contribution in [0.4, 0.5) is 0 Å². The van der Waals surface area contributed by atoms with Crippen LogP contribution in [-0.4, -0.2) is 33.3 Å². The van der Waals surface area contributed by atoms with Crippen molar-refractivity contribution in [3.8, 4) is 0 Å². The second kappa shape index (κ2) is 5.91. The van der Waals surface area contributed by atoms with Crippen LogP contribution in [0.25, 0.3) is 0 Å². The molecule has 1 aliphatic rings. The van der Waals surface area contributed by atoms with Crippen molar-refractivity contribution in [2.24, 2.45) is 0 Å². The third kappa shape index (κ3) is 2.44. The minimum atomic E-state index is -0.743. The number of thiazole rings is 1. The second-order valence-corrected chi connectivity index (χ2v) is 6.07. The topological polar surface area (TPSA) is 62.3 Å². The van der Waals surface area contributed by atoms with Gasteiger partial charge in [0.25, 0.3) is 0 Å². The number of hydrogen-bond acceptors (Lipinski definition) is 4. The number of carbonyl (C=O) groups excluding carboxylic acids is 2. The number of aromatic nitrogens is 1. The van der Waals surface area contributed by atoms with Crippen molar-refractivity contribution in [2.75, 3.05) is 0 Å². The highest BCUT2D eigenvalue weighted by Gasteiger charge is 2.48. The molecule has 1 unspecified atom stereocenters. The first kappa shape index (κ1) is 15.0. The lowest BCUT2D eigenvalue weighted by molar-refractivity contribution is -0.156. The molecule has 110 valence electrons. The number of amides is 2. The van der Waals surface area contributed by atoms with Crippen LogP contribution in [0.5, 0.6) is 0 Å². The monoisotopic (exact) mass is 295 g/mol. The Balaban J connectivity index is 2.32. The van der Waals surface area contributed by atoms with Crippen LogP contribution >= 0.6 is 11.3 Å². The number of nitrogens with one attached hydrogen (secondary N) is 1. The lowest BCUT2D eigenvalue weighted by Gasteiger charge is -2.45. The summed E-state index contributed by atoms with van der Waals surface area (Å²) in [6.45, 7) is 6.29. The molecule has 0 radical (unpaired) electrons. The van der Waals surface area contributed by atoms with Crippen molar-refractivity contribution in [1.29, 1.82) is 0 Å². The Bertz CT molecular complexity index is 483. The van der Waals surface area contributed by atoms with E-state index >= 15 is 0 Å². The van der Waals surface area contributed by atoms with Crippen LogP contribution in [0.1, 0.15) is 44.9 Å². The van der Waals surface area contributed by atoms with Gasteiger partial charge in [0.2, 0.25) is 11.8 Å². The van der Waals surface area contributed by atoms with Crippen molar-refractivity contribution < 1.29 is 9.59 Å². The Morgan fingerprint density at radius 1 is 1.35 bits per heavy atom. The summed E-state index contributed by atoms with van der Waals surface area (Å²) in [6, 6.07) is -0.379. The normalized spacial score (nSPS) is 21.9. The first-order chi connectivity index (χ1) is 9.57. The van der Waals surface area contributed by atoms with E-state index in [4.69, 9.17) is 0 Å². The third-order valence-electron chi connectivity index (χ3n) is 4.12. The predicted molar refractivity (Wildman–Crippen MR) is 78.2 cm³/mol. The molecule has 2 heterocycles. The molecular formula is C14H21N3O2S. The van der Waals surface area contributed by atoms with Crippen molar-refractivity contribution in [3.05, 3.63) is 16.6 Å². The summed E-state index contributed by atoms with van der Waals surface area (Å²) < 4.78 is 0. The molecule has 1 aromatic heterocycles. The van der Waals surface area contributed by atoms with Crippen LogP contribution in [0.2, 0.25) is 0 Å². The summed E-state index contributed by atoms with van der Waals surface area (Å²) in [5.74, 6) is -0.0114. The zero-order valence-corrected chi connectivity index (χ0v) is 13.0. The van der Waals surface area contributed by atoms with Crippen molar-refractivity contribution in [3.63, 3.8) is 0 Å². The van der Waals surface area contributed by atoms with E-state index in [9.17, 15) is 9.59 Å². The van der Waals surface area contributed by atoms with E-state index in [0.29, 0.717) is 25.8 Å². The minimum absolute atomic E-state index is 0.0300. The largest absolute Gasteiger partial charge is 0.340 e. The Labute approximate surface area is 123 Å². The van der Waals surface area contributed by atoms with Crippen LogP contribution in [-0.2, 0) is 16.1 Å². The SMILES string of the molecule is CCC1C(=O)NC(CC)(CC)C(=O)N1Cc1cncs1. The zero-order valence-electron chi connectivity index (χ0n) is 12.2. The molecule has 1 fully saturated rings. The molecule has 1 aromatic rings. The van der Waals surface area contributed by atoms with E-state index in [-0.39, 0.29) is 17.9 Å². The van der Waals surface area contributed by atoms with Gasteiger partial charge >= 0.3 is 0 Å². The second-order valence-electron chi connectivity index (χ2n) is 5.10. The van der Waals surface area contributed by atoms with Crippen LogP contribution in [0.3, 0.4) is 0 Å². The summed E-state index contributed by atoms with van der Waals surface area (Å²) in [4.78, 5) is 31.9. The van der Waals surface area contributed by atoms with Gasteiger partial charge in [-0.1, -0.05) is 20.8 Å². The maximum Gasteiger partial charge on any atom is 0.249 e. The zero-order chi connectivity index (χ0) is 14.8. The van der Waals surface area contributed by atoms with Gasteiger partial charge in [-0.15, -0.1) is 11.3 Å². The van der Waals surface area contributed by atoms with Gasteiger partial charge in [0.1, 0.15) is 11.6 Å². The van der Waals surface area contributed by atoms with Gasteiger partial charge in [-0.05, 0) is 19.3 Å². The van der Waals surface area contributed by atoms with Gasteiger partial charge in [-0.3, -0.25) is 14.6 Å². The summed E-state index contributed by atoms with van der Waals surface area (Å²) in [6.07, 6.45) is 3.62. The first-order valence-corrected chi connectivity index (χ1v) is 7.96. The van der Waals surface area contributed by atoms with Crippen molar-refractivity contribution >= 4 is 23.2 Å².